The van der Waals surface area contributed by atoms with E-state index in [4.69, 9.17) is 11.6 Å². The highest BCUT2D eigenvalue weighted by Crippen LogP contribution is 2.30. The van der Waals surface area contributed by atoms with E-state index < -0.39 is 0 Å². The molecule has 0 amide bonds. The van der Waals surface area contributed by atoms with Crippen LogP contribution in [0.1, 0.15) is 17.2 Å². The number of hydrogen-bond acceptors (Lipinski definition) is 2. The SMILES string of the molecule is CNC(Cc1ccncc1Cl)c1cc(Br)ccc1Br. The molecular weight excluding hydrogens is 391 g/mol. The van der Waals surface area contributed by atoms with E-state index in [1.54, 1.807) is 12.4 Å². The van der Waals surface area contributed by atoms with E-state index in [0.717, 1.165) is 20.9 Å². The van der Waals surface area contributed by atoms with Crippen molar-refractivity contribution in [1.82, 2.24) is 10.3 Å². The molecule has 0 spiro atoms. The zero-order chi connectivity index (χ0) is 13.8. The van der Waals surface area contributed by atoms with E-state index in [1.165, 1.54) is 5.56 Å². The quantitative estimate of drug-likeness (QED) is 0.795. The topological polar surface area (TPSA) is 24.9 Å². The average Bonchev–Trinajstić information content (AvgIpc) is 2.41. The summed E-state index contributed by atoms with van der Waals surface area (Å²) in [5, 5.41) is 4.03. The van der Waals surface area contributed by atoms with Crippen LogP contribution < -0.4 is 5.32 Å². The van der Waals surface area contributed by atoms with Crippen molar-refractivity contribution in [1.29, 1.82) is 0 Å². The Kier molecular flexibility index (Phi) is 5.39. The van der Waals surface area contributed by atoms with Crippen molar-refractivity contribution in [3.63, 3.8) is 0 Å². The maximum Gasteiger partial charge on any atom is 0.0622 e. The van der Waals surface area contributed by atoms with Gasteiger partial charge in [0, 0.05) is 27.4 Å². The lowest BCUT2D eigenvalue weighted by atomic mass is 10.00. The van der Waals surface area contributed by atoms with Crippen LogP contribution in [0.4, 0.5) is 0 Å². The molecule has 0 aliphatic heterocycles. The lowest BCUT2D eigenvalue weighted by Crippen LogP contribution is -2.19. The zero-order valence-corrected chi connectivity index (χ0v) is 14.3. The van der Waals surface area contributed by atoms with E-state index in [1.807, 2.05) is 25.2 Å². The molecule has 1 atom stereocenters. The summed E-state index contributed by atoms with van der Waals surface area (Å²) in [6.07, 6.45) is 4.26. The molecule has 19 heavy (non-hydrogen) atoms. The summed E-state index contributed by atoms with van der Waals surface area (Å²) in [6.45, 7) is 0. The van der Waals surface area contributed by atoms with Crippen LogP contribution in [0.25, 0.3) is 0 Å². The summed E-state index contributed by atoms with van der Waals surface area (Å²) >= 11 is 13.3. The van der Waals surface area contributed by atoms with Crippen LogP contribution in [0.2, 0.25) is 5.02 Å². The molecule has 0 bridgehead atoms. The third kappa shape index (κ3) is 3.78. The third-order valence-electron chi connectivity index (χ3n) is 2.96. The highest BCUT2D eigenvalue weighted by molar-refractivity contribution is 9.11. The highest BCUT2D eigenvalue weighted by atomic mass is 79.9. The number of benzene rings is 1. The van der Waals surface area contributed by atoms with E-state index in [9.17, 15) is 0 Å². The van der Waals surface area contributed by atoms with Gasteiger partial charge in [-0.05, 0) is 48.9 Å². The molecule has 1 heterocycles. The first-order chi connectivity index (χ1) is 9.11. The summed E-state index contributed by atoms with van der Waals surface area (Å²) in [5.41, 5.74) is 2.28. The second kappa shape index (κ2) is 6.84. The van der Waals surface area contributed by atoms with Crippen molar-refractivity contribution >= 4 is 43.5 Å². The van der Waals surface area contributed by atoms with Crippen LogP contribution in [0.5, 0.6) is 0 Å². The van der Waals surface area contributed by atoms with Gasteiger partial charge in [-0.2, -0.15) is 0 Å². The number of pyridine rings is 1. The monoisotopic (exact) mass is 402 g/mol. The zero-order valence-electron chi connectivity index (χ0n) is 10.3. The summed E-state index contributed by atoms with van der Waals surface area (Å²) in [6, 6.07) is 8.31. The summed E-state index contributed by atoms with van der Waals surface area (Å²) in [5.74, 6) is 0. The van der Waals surface area contributed by atoms with Gasteiger partial charge in [0.15, 0.2) is 0 Å². The van der Waals surface area contributed by atoms with Crippen LogP contribution in [-0.4, -0.2) is 12.0 Å². The summed E-state index contributed by atoms with van der Waals surface area (Å²) in [7, 11) is 1.95. The minimum Gasteiger partial charge on any atom is -0.313 e. The number of aromatic nitrogens is 1. The van der Waals surface area contributed by atoms with Crippen molar-refractivity contribution in [2.45, 2.75) is 12.5 Å². The average molecular weight is 405 g/mol. The number of halogens is 3. The van der Waals surface area contributed by atoms with Crippen molar-refractivity contribution < 1.29 is 0 Å². The number of hydrogen-bond donors (Lipinski definition) is 1. The van der Waals surface area contributed by atoms with Gasteiger partial charge in [-0.3, -0.25) is 4.98 Å². The number of rotatable bonds is 4. The molecule has 2 rings (SSSR count). The predicted molar refractivity (Wildman–Crippen MR) is 86.6 cm³/mol. The Bertz CT molecular complexity index is 575. The van der Waals surface area contributed by atoms with Gasteiger partial charge >= 0.3 is 0 Å². The number of nitrogens with one attached hydrogen (secondary N) is 1. The standard InChI is InChI=1S/C14H13Br2ClN2/c1-18-14(6-9-4-5-19-8-13(9)17)11-7-10(15)2-3-12(11)16/h2-5,7-8,14,18H,6H2,1H3. The Labute approximate surface area is 134 Å². The largest absolute Gasteiger partial charge is 0.313 e. The minimum absolute atomic E-state index is 0.187. The van der Waals surface area contributed by atoms with Gasteiger partial charge in [-0.15, -0.1) is 0 Å². The minimum atomic E-state index is 0.187. The number of likely N-dealkylation sites (N-methyl/N-ethyl adjacent to an activating group) is 1. The van der Waals surface area contributed by atoms with Crippen LogP contribution in [0.3, 0.4) is 0 Å². The van der Waals surface area contributed by atoms with Gasteiger partial charge in [0.2, 0.25) is 0 Å². The second-order valence-corrected chi connectivity index (χ2v) is 6.36. The summed E-state index contributed by atoms with van der Waals surface area (Å²) in [4.78, 5) is 4.01. The Balaban J connectivity index is 2.30. The van der Waals surface area contributed by atoms with Crippen LogP contribution >= 0.6 is 43.5 Å². The van der Waals surface area contributed by atoms with E-state index in [-0.39, 0.29) is 6.04 Å². The molecule has 100 valence electrons. The van der Waals surface area contributed by atoms with Gasteiger partial charge in [0.05, 0.1) is 5.02 Å². The molecule has 1 aromatic carbocycles. The van der Waals surface area contributed by atoms with Crippen molar-refractivity contribution in [3.8, 4) is 0 Å². The molecule has 1 aromatic heterocycles. The van der Waals surface area contributed by atoms with Gasteiger partial charge in [0.25, 0.3) is 0 Å². The molecule has 0 fully saturated rings. The second-order valence-electron chi connectivity index (χ2n) is 4.18. The molecule has 2 nitrogen and oxygen atoms in total. The van der Waals surface area contributed by atoms with Gasteiger partial charge in [-0.25, -0.2) is 0 Å². The molecule has 0 aliphatic carbocycles. The lowest BCUT2D eigenvalue weighted by molar-refractivity contribution is 0.589. The molecule has 0 radical (unpaired) electrons. The van der Waals surface area contributed by atoms with Crippen LogP contribution in [0, 0.1) is 0 Å². The maximum atomic E-state index is 6.17. The van der Waals surface area contributed by atoms with Crippen molar-refractivity contribution in [2.75, 3.05) is 7.05 Å². The van der Waals surface area contributed by atoms with Gasteiger partial charge < -0.3 is 5.32 Å². The Morgan fingerprint density at radius 3 is 2.79 bits per heavy atom. The maximum absolute atomic E-state index is 6.17. The molecule has 0 aliphatic rings. The van der Waals surface area contributed by atoms with Crippen molar-refractivity contribution in [2.24, 2.45) is 0 Å². The molecule has 1 unspecified atom stereocenters. The fourth-order valence-electron chi connectivity index (χ4n) is 1.94. The van der Waals surface area contributed by atoms with Crippen LogP contribution in [-0.2, 0) is 6.42 Å². The Hall–Kier alpha value is -0.420. The molecule has 2 aromatic rings. The Morgan fingerprint density at radius 2 is 2.11 bits per heavy atom. The smallest absolute Gasteiger partial charge is 0.0622 e. The third-order valence-corrected chi connectivity index (χ3v) is 4.52. The molecule has 0 saturated carbocycles. The highest BCUT2D eigenvalue weighted by Gasteiger charge is 2.15. The van der Waals surface area contributed by atoms with E-state index in [0.29, 0.717) is 5.02 Å². The molecule has 5 heteroatoms. The lowest BCUT2D eigenvalue weighted by Gasteiger charge is -2.19. The summed E-state index contributed by atoms with van der Waals surface area (Å²) < 4.78 is 2.15. The van der Waals surface area contributed by atoms with E-state index >= 15 is 0 Å². The first-order valence-corrected chi connectivity index (χ1v) is 7.79. The van der Waals surface area contributed by atoms with Gasteiger partial charge in [0.1, 0.15) is 0 Å². The van der Waals surface area contributed by atoms with E-state index in [2.05, 4.69) is 48.2 Å². The van der Waals surface area contributed by atoms with Gasteiger partial charge in [-0.1, -0.05) is 43.5 Å². The van der Waals surface area contributed by atoms with Crippen molar-refractivity contribution in [3.05, 3.63) is 61.8 Å². The predicted octanol–water partition coefficient (Wildman–Crippen LogP) is 4.76. The molecule has 1 N–H and O–H groups in total. The molecular formula is C14H13Br2ClN2. The molecule has 0 saturated heterocycles. The normalized spacial score (nSPS) is 12.4. The number of nitrogens with zero attached hydrogens (tertiary/aromatic N) is 1. The fraction of sp³-hybridized carbons (Fsp3) is 0.214. The fourth-order valence-corrected chi connectivity index (χ4v) is 3.04. The van der Waals surface area contributed by atoms with Crippen LogP contribution in [0.15, 0.2) is 45.6 Å². The Morgan fingerprint density at radius 1 is 1.32 bits per heavy atom. The first kappa shape index (κ1) is 15.0. The first-order valence-electron chi connectivity index (χ1n) is 5.82.